The molecule has 1 fully saturated rings. The zero-order valence-corrected chi connectivity index (χ0v) is 13.5. The molecule has 1 atom stereocenters. The Balaban J connectivity index is 2.04. The molecule has 3 nitrogen and oxygen atoms in total. The quantitative estimate of drug-likeness (QED) is 0.905. The highest BCUT2D eigenvalue weighted by atomic mass is 19.1. The smallest absolute Gasteiger partial charge is 0.128 e. The molecule has 0 radical (unpaired) electrons. The van der Waals surface area contributed by atoms with Crippen LogP contribution in [0.2, 0.25) is 0 Å². The normalized spacial score (nSPS) is 19.1. The lowest BCUT2D eigenvalue weighted by Gasteiger charge is -2.38. The Morgan fingerprint density at radius 2 is 2.00 bits per heavy atom. The van der Waals surface area contributed by atoms with Crippen molar-refractivity contribution in [2.75, 3.05) is 40.3 Å². The lowest BCUT2D eigenvalue weighted by Crippen LogP contribution is -2.41. The third kappa shape index (κ3) is 4.25. The highest BCUT2D eigenvalue weighted by Gasteiger charge is 2.27. The molecule has 2 N–H and O–H groups in total. The SMILES string of the molecule is Cc1ccc(F)c(C(CN)N2CCC(CN(C)C)CC2)c1. The first-order chi connectivity index (χ1) is 10.0. The van der Waals surface area contributed by atoms with E-state index in [0.29, 0.717) is 6.54 Å². The van der Waals surface area contributed by atoms with E-state index < -0.39 is 0 Å². The number of rotatable bonds is 5. The molecule has 0 bridgehead atoms. The number of nitrogens with two attached hydrogens (primary N) is 1. The summed E-state index contributed by atoms with van der Waals surface area (Å²) in [5.74, 6) is 0.614. The van der Waals surface area contributed by atoms with E-state index in [2.05, 4.69) is 23.9 Å². The molecule has 1 heterocycles. The van der Waals surface area contributed by atoms with E-state index in [1.165, 1.54) is 12.8 Å². The van der Waals surface area contributed by atoms with Crippen molar-refractivity contribution in [1.82, 2.24) is 9.80 Å². The number of hydrogen-bond donors (Lipinski definition) is 1. The number of likely N-dealkylation sites (tertiary alicyclic amines) is 1. The first-order valence-corrected chi connectivity index (χ1v) is 7.86. The highest BCUT2D eigenvalue weighted by molar-refractivity contribution is 5.27. The number of nitrogens with zero attached hydrogens (tertiary/aromatic N) is 2. The Morgan fingerprint density at radius 1 is 1.33 bits per heavy atom. The second kappa shape index (κ2) is 7.34. The minimum absolute atomic E-state index is 0.00482. The molecule has 4 heteroatoms. The standard InChI is InChI=1S/C17H28FN3/c1-13-4-5-16(18)15(10-13)17(11-19)21-8-6-14(7-9-21)12-20(2)3/h4-5,10,14,17H,6-9,11-12,19H2,1-3H3. The summed E-state index contributed by atoms with van der Waals surface area (Å²) in [6.45, 7) is 5.63. The largest absolute Gasteiger partial charge is 0.329 e. The van der Waals surface area contributed by atoms with Gasteiger partial charge in [0.25, 0.3) is 0 Å². The predicted octanol–water partition coefficient (Wildman–Crippen LogP) is 2.41. The maximum Gasteiger partial charge on any atom is 0.128 e. The van der Waals surface area contributed by atoms with Crippen LogP contribution in [-0.2, 0) is 0 Å². The van der Waals surface area contributed by atoms with Crippen LogP contribution in [0.1, 0.15) is 30.0 Å². The Labute approximate surface area is 127 Å². The van der Waals surface area contributed by atoms with Gasteiger partial charge in [0, 0.05) is 24.7 Å². The van der Waals surface area contributed by atoms with Crippen molar-refractivity contribution in [3.63, 3.8) is 0 Å². The van der Waals surface area contributed by atoms with Crippen LogP contribution < -0.4 is 5.73 Å². The lowest BCUT2D eigenvalue weighted by atomic mass is 9.93. The molecule has 118 valence electrons. The van der Waals surface area contributed by atoms with Crippen LogP contribution in [0.3, 0.4) is 0 Å². The molecule has 1 unspecified atom stereocenters. The van der Waals surface area contributed by atoms with Crippen molar-refractivity contribution < 1.29 is 4.39 Å². The molecule has 1 aromatic rings. The van der Waals surface area contributed by atoms with Gasteiger partial charge >= 0.3 is 0 Å². The summed E-state index contributed by atoms with van der Waals surface area (Å²) in [5.41, 5.74) is 7.80. The lowest BCUT2D eigenvalue weighted by molar-refractivity contribution is 0.121. The van der Waals surface area contributed by atoms with Gasteiger partial charge < -0.3 is 10.6 Å². The fraction of sp³-hybridized carbons (Fsp3) is 0.647. The van der Waals surface area contributed by atoms with Crippen molar-refractivity contribution in [1.29, 1.82) is 0 Å². The molecule has 1 aliphatic heterocycles. The average molecular weight is 293 g/mol. The maximum absolute atomic E-state index is 14.1. The van der Waals surface area contributed by atoms with Gasteiger partial charge in [-0.25, -0.2) is 4.39 Å². The van der Waals surface area contributed by atoms with E-state index >= 15 is 0 Å². The zero-order valence-electron chi connectivity index (χ0n) is 13.5. The molecule has 0 amide bonds. The molecule has 21 heavy (non-hydrogen) atoms. The Morgan fingerprint density at radius 3 is 2.57 bits per heavy atom. The van der Waals surface area contributed by atoms with Crippen molar-refractivity contribution in [3.8, 4) is 0 Å². The highest BCUT2D eigenvalue weighted by Crippen LogP contribution is 2.28. The van der Waals surface area contributed by atoms with Crippen LogP contribution in [0.5, 0.6) is 0 Å². The number of piperidine rings is 1. The van der Waals surface area contributed by atoms with E-state index in [4.69, 9.17) is 5.73 Å². The van der Waals surface area contributed by atoms with Gasteiger partial charge in [-0.05, 0) is 58.9 Å². The second-order valence-electron chi connectivity index (χ2n) is 6.52. The maximum atomic E-state index is 14.1. The first kappa shape index (κ1) is 16.4. The summed E-state index contributed by atoms with van der Waals surface area (Å²) in [6.07, 6.45) is 2.34. The van der Waals surface area contributed by atoms with Crippen molar-refractivity contribution in [2.45, 2.75) is 25.8 Å². The number of aryl methyl sites for hydroxylation is 1. The minimum atomic E-state index is -0.133. The van der Waals surface area contributed by atoms with E-state index in [-0.39, 0.29) is 11.9 Å². The van der Waals surface area contributed by atoms with Crippen molar-refractivity contribution >= 4 is 0 Å². The third-order valence-electron chi connectivity index (χ3n) is 4.45. The summed E-state index contributed by atoms with van der Waals surface area (Å²) in [5, 5.41) is 0. The summed E-state index contributed by atoms with van der Waals surface area (Å²) >= 11 is 0. The number of hydrogen-bond acceptors (Lipinski definition) is 3. The fourth-order valence-electron chi connectivity index (χ4n) is 3.35. The molecule has 0 aliphatic carbocycles. The van der Waals surface area contributed by atoms with Gasteiger partial charge in [-0.1, -0.05) is 17.7 Å². The zero-order chi connectivity index (χ0) is 15.4. The van der Waals surface area contributed by atoms with Gasteiger partial charge in [-0.15, -0.1) is 0 Å². The van der Waals surface area contributed by atoms with Crippen molar-refractivity contribution in [2.24, 2.45) is 11.7 Å². The summed E-state index contributed by atoms with van der Waals surface area (Å²) in [4.78, 5) is 4.60. The van der Waals surface area contributed by atoms with E-state index in [1.54, 1.807) is 6.07 Å². The van der Waals surface area contributed by atoms with E-state index in [1.807, 2.05) is 19.1 Å². The first-order valence-electron chi connectivity index (χ1n) is 7.86. The summed E-state index contributed by atoms with van der Waals surface area (Å²) in [7, 11) is 4.24. The van der Waals surface area contributed by atoms with Gasteiger partial charge in [-0.3, -0.25) is 4.90 Å². The molecule has 0 aromatic heterocycles. The molecular formula is C17H28FN3. The number of halogens is 1. The topological polar surface area (TPSA) is 32.5 Å². The minimum Gasteiger partial charge on any atom is -0.329 e. The van der Waals surface area contributed by atoms with E-state index in [0.717, 1.165) is 36.7 Å². The molecule has 1 aliphatic rings. The second-order valence-corrected chi connectivity index (χ2v) is 6.52. The summed E-state index contributed by atoms with van der Waals surface area (Å²) in [6, 6.07) is 5.32. The molecule has 1 saturated heterocycles. The van der Waals surface area contributed by atoms with Crippen LogP contribution in [0.4, 0.5) is 4.39 Å². The van der Waals surface area contributed by atoms with Crippen LogP contribution in [-0.4, -0.2) is 50.1 Å². The Bertz CT molecular complexity index is 453. The van der Waals surface area contributed by atoms with Gasteiger partial charge in [-0.2, -0.15) is 0 Å². The monoisotopic (exact) mass is 293 g/mol. The van der Waals surface area contributed by atoms with Crippen LogP contribution >= 0.6 is 0 Å². The third-order valence-corrected chi connectivity index (χ3v) is 4.45. The van der Waals surface area contributed by atoms with Crippen molar-refractivity contribution in [3.05, 3.63) is 35.1 Å². The molecular weight excluding hydrogens is 265 g/mol. The van der Waals surface area contributed by atoms with Crippen LogP contribution in [0, 0.1) is 18.7 Å². The molecule has 1 aromatic carbocycles. The average Bonchev–Trinajstić information content (AvgIpc) is 2.44. The summed E-state index contributed by atoms with van der Waals surface area (Å²) < 4.78 is 14.1. The van der Waals surface area contributed by atoms with Gasteiger partial charge in [0.05, 0.1) is 0 Å². The fourth-order valence-corrected chi connectivity index (χ4v) is 3.35. The van der Waals surface area contributed by atoms with Gasteiger partial charge in [0.15, 0.2) is 0 Å². The molecule has 0 spiro atoms. The number of benzene rings is 1. The Kier molecular flexibility index (Phi) is 5.73. The predicted molar refractivity (Wildman–Crippen MR) is 85.8 cm³/mol. The van der Waals surface area contributed by atoms with Gasteiger partial charge in [0.2, 0.25) is 0 Å². The van der Waals surface area contributed by atoms with E-state index in [9.17, 15) is 4.39 Å². The van der Waals surface area contributed by atoms with Gasteiger partial charge in [0.1, 0.15) is 5.82 Å². The molecule has 0 saturated carbocycles. The van der Waals surface area contributed by atoms with Crippen LogP contribution in [0.25, 0.3) is 0 Å². The van der Waals surface area contributed by atoms with Crippen LogP contribution in [0.15, 0.2) is 18.2 Å². The molecule has 2 rings (SSSR count). The Hall–Kier alpha value is -0.970.